The first-order chi connectivity index (χ1) is 12.2. The van der Waals surface area contributed by atoms with Crippen LogP contribution in [0.5, 0.6) is 5.75 Å². The van der Waals surface area contributed by atoms with Gasteiger partial charge in [0, 0.05) is 38.4 Å². The van der Waals surface area contributed by atoms with Crippen LogP contribution in [0.1, 0.15) is 32.1 Å². The van der Waals surface area contributed by atoms with E-state index in [4.69, 9.17) is 9.47 Å². The molecule has 0 aromatic heterocycles. The normalized spacial score (nSPS) is 21.3. The van der Waals surface area contributed by atoms with Crippen molar-refractivity contribution in [1.82, 2.24) is 4.90 Å². The van der Waals surface area contributed by atoms with E-state index in [1.54, 1.807) is 7.11 Å². The lowest BCUT2D eigenvalue weighted by Gasteiger charge is -2.37. The van der Waals surface area contributed by atoms with E-state index in [0.29, 0.717) is 19.3 Å². The van der Waals surface area contributed by atoms with Crippen LogP contribution >= 0.6 is 0 Å². The largest absolute Gasteiger partial charge is 0.497 e. The number of β-amino-alcohol motifs (C(OH)–C–C–N with tert-alkyl or cyclic N) is 1. The molecule has 25 heavy (non-hydrogen) atoms. The van der Waals surface area contributed by atoms with Crippen LogP contribution < -0.4 is 9.64 Å². The van der Waals surface area contributed by atoms with Crippen molar-refractivity contribution < 1.29 is 14.6 Å². The van der Waals surface area contributed by atoms with Gasteiger partial charge in [0.2, 0.25) is 0 Å². The smallest absolute Gasteiger partial charge is 0.119 e. The van der Waals surface area contributed by atoms with Gasteiger partial charge in [-0.1, -0.05) is 19.3 Å². The van der Waals surface area contributed by atoms with Crippen LogP contribution in [0, 0.1) is 0 Å². The van der Waals surface area contributed by atoms with Crippen LogP contribution in [0.25, 0.3) is 0 Å². The van der Waals surface area contributed by atoms with Gasteiger partial charge in [-0.2, -0.15) is 0 Å². The van der Waals surface area contributed by atoms with Crippen LogP contribution in [0.2, 0.25) is 0 Å². The van der Waals surface area contributed by atoms with Gasteiger partial charge in [0.15, 0.2) is 0 Å². The molecule has 1 atom stereocenters. The van der Waals surface area contributed by atoms with Crippen LogP contribution in [0.15, 0.2) is 24.3 Å². The SMILES string of the molecule is COc1ccc(N2CCN(C[C@@H](O)COC3CCCCC3)CC2)cc1. The molecule has 2 fully saturated rings. The van der Waals surface area contributed by atoms with Gasteiger partial charge in [-0.15, -0.1) is 0 Å². The van der Waals surface area contributed by atoms with E-state index in [1.165, 1.54) is 24.9 Å². The highest BCUT2D eigenvalue weighted by Gasteiger charge is 2.21. The number of ether oxygens (including phenoxy) is 2. The number of piperazine rings is 1. The summed E-state index contributed by atoms with van der Waals surface area (Å²) in [7, 11) is 1.69. The van der Waals surface area contributed by atoms with Gasteiger partial charge in [0.05, 0.1) is 25.9 Å². The predicted octanol–water partition coefficient (Wildman–Crippen LogP) is 2.53. The van der Waals surface area contributed by atoms with Gasteiger partial charge in [-0.05, 0) is 37.1 Å². The zero-order chi connectivity index (χ0) is 17.5. The van der Waals surface area contributed by atoms with Crippen molar-refractivity contribution in [2.45, 2.75) is 44.3 Å². The third kappa shape index (κ3) is 5.59. The molecule has 1 aliphatic heterocycles. The van der Waals surface area contributed by atoms with Crippen molar-refractivity contribution in [3.05, 3.63) is 24.3 Å². The number of anilines is 1. The molecule has 0 amide bonds. The maximum Gasteiger partial charge on any atom is 0.119 e. The molecule has 1 heterocycles. The lowest BCUT2D eigenvalue weighted by molar-refractivity contribution is -0.0336. The molecule has 0 radical (unpaired) electrons. The second-order valence-electron chi connectivity index (χ2n) is 7.23. The Morgan fingerprint density at radius 3 is 2.36 bits per heavy atom. The number of aliphatic hydroxyl groups is 1. The number of nitrogens with zero attached hydrogens (tertiary/aromatic N) is 2. The quantitative estimate of drug-likeness (QED) is 0.820. The van der Waals surface area contributed by atoms with Crippen LogP contribution in [-0.2, 0) is 4.74 Å². The number of rotatable bonds is 7. The number of hydrogen-bond acceptors (Lipinski definition) is 5. The molecule has 0 unspecified atom stereocenters. The van der Waals surface area contributed by atoms with Crippen molar-refractivity contribution >= 4 is 5.69 Å². The summed E-state index contributed by atoms with van der Waals surface area (Å²) in [5, 5.41) is 10.3. The Kier molecular flexibility index (Phi) is 6.96. The van der Waals surface area contributed by atoms with Gasteiger partial charge in [-0.25, -0.2) is 0 Å². The summed E-state index contributed by atoms with van der Waals surface area (Å²) < 4.78 is 11.1. The summed E-state index contributed by atoms with van der Waals surface area (Å²) in [6, 6.07) is 8.24. The fourth-order valence-corrected chi connectivity index (χ4v) is 3.81. The van der Waals surface area contributed by atoms with Crippen molar-refractivity contribution in [1.29, 1.82) is 0 Å². The molecule has 1 aromatic carbocycles. The van der Waals surface area contributed by atoms with E-state index in [-0.39, 0.29) is 6.10 Å². The van der Waals surface area contributed by atoms with Crippen molar-refractivity contribution in [3.8, 4) is 5.75 Å². The molecule has 5 nitrogen and oxygen atoms in total. The molecule has 1 aromatic rings. The van der Waals surface area contributed by atoms with E-state index in [0.717, 1.165) is 44.8 Å². The van der Waals surface area contributed by atoms with E-state index in [2.05, 4.69) is 21.9 Å². The van der Waals surface area contributed by atoms with Crippen molar-refractivity contribution in [3.63, 3.8) is 0 Å². The molecule has 0 spiro atoms. The maximum absolute atomic E-state index is 10.3. The first kappa shape index (κ1) is 18.5. The Balaban J connectivity index is 1.36. The molecule has 1 saturated carbocycles. The Labute approximate surface area is 151 Å². The second kappa shape index (κ2) is 9.41. The van der Waals surface area contributed by atoms with Crippen LogP contribution in [0.3, 0.4) is 0 Å². The molecule has 3 rings (SSSR count). The van der Waals surface area contributed by atoms with Gasteiger partial charge in [0.25, 0.3) is 0 Å². The lowest BCUT2D eigenvalue weighted by Crippen LogP contribution is -2.49. The highest BCUT2D eigenvalue weighted by molar-refractivity contribution is 5.49. The summed E-state index contributed by atoms with van der Waals surface area (Å²) in [6.07, 6.45) is 6.19. The Hall–Kier alpha value is -1.30. The minimum absolute atomic E-state index is 0.371. The zero-order valence-electron chi connectivity index (χ0n) is 15.4. The number of benzene rings is 1. The number of methoxy groups -OCH3 is 1. The molecular formula is C20H32N2O3. The number of aliphatic hydroxyl groups excluding tert-OH is 1. The molecule has 1 saturated heterocycles. The molecular weight excluding hydrogens is 316 g/mol. The number of hydrogen-bond donors (Lipinski definition) is 1. The van der Waals surface area contributed by atoms with E-state index in [1.807, 2.05) is 12.1 Å². The average molecular weight is 348 g/mol. The van der Waals surface area contributed by atoms with Gasteiger partial charge in [-0.3, -0.25) is 4.90 Å². The Morgan fingerprint density at radius 1 is 1.04 bits per heavy atom. The predicted molar refractivity (Wildman–Crippen MR) is 100 cm³/mol. The topological polar surface area (TPSA) is 45.2 Å². The lowest BCUT2D eigenvalue weighted by atomic mass is 9.98. The molecule has 1 N–H and O–H groups in total. The first-order valence-corrected chi connectivity index (χ1v) is 9.65. The monoisotopic (exact) mass is 348 g/mol. The molecule has 5 heteroatoms. The summed E-state index contributed by atoms with van der Waals surface area (Å²) in [5.41, 5.74) is 1.24. The fraction of sp³-hybridized carbons (Fsp3) is 0.700. The third-order valence-corrected chi connectivity index (χ3v) is 5.36. The van der Waals surface area contributed by atoms with Crippen LogP contribution in [-0.4, -0.2) is 68.7 Å². The summed E-state index contributed by atoms with van der Waals surface area (Å²) in [5.74, 6) is 0.892. The highest BCUT2D eigenvalue weighted by Crippen LogP contribution is 2.21. The Morgan fingerprint density at radius 2 is 1.72 bits per heavy atom. The minimum atomic E-state index is -0.380. The summed E-state index contributed by atoms with van der Waals surface area (Å²) in [6.45, 7) is 5.12. The van der Waals surface area contributed by atoms with E-state index >= 15 is 0 Å². The van der Waals surface area contributed by atoms with Gasteiger partial charge >= 0.3 is 0 Å². The molecule has 2 aliphatic rings. The van der Waals surface area contributed by atoms with Crippen LogP contribution in [0.4, 0.5) is 5.69 Å². The molecule has 0 bridgehead atoms. The van der Waals surface area contributed by atoms with E-state index < -0.39 is 0 Å². The highest BCUT2D eigenvalue weighted by atomic mass is 16.5. The zero-order valence-corrected chi connectivity index (χ0v) is 15.4. The van der Waals surface area contributed by atoms with Gasteiger partial charge in [0.1, 0.15) is 5.75 Å². The summed E-state index contributed by atoms with van der Waals surface area (Å²) >= 11 is 0. The Bertz CT molecular complexity index is 494. The standard InChI is InChI=1S/C20H32N2O3/c1-24-19-9-7-17(8-10-19)22-13-11-21(12-14-22)15-18(23)16-25-20-5-3-2-4-6-20/h7-10,18,20,23H,2-6,11-16H2,1H3/t18-/m1/s1. The average Bonchev–Trinajstić information content (AvgIpc) is 2.68. The van der Waals surface area contributed by atoms with Crippen molar-refractivity contribution in [2.75, 3.05) is 51.3 Å². The first-order valence-electron chi connectivity index (χ1n) is 9.65. The van der Waals surface area contributed by atoms with Gasteiger partial charge < -0.3 is 19.5 Å². The minimum Gasteiger partial charge on any atom is -0.497 e. The maximum atomic E-state index is 10.3. The molecule has 1 aliphatic carbocycles. The molecule has 140 valence electrons. The van der Waals surface area contributed by atoms with Crippen molar-refractivity contribution in [2.24, 2.45) is 0 Å². The second-order valence-corrected chi connectivity index (χ2v) is 7.23. The summed E-state index contributed by atoms with van der Waals surface area (Å²) in [4.78, 5) is 4.73. The van der Waals surface area contributed by atoms with E-state index in [9.17, 15) is 5.11 Å². The fourth-order valence-electron chi connectivity index (χ4n) is 3.81. The third-order valence-electron chi connectivity index (χ3n) is 5.36.